The Hall–Kier alpha value is -16.5. The van der Waals surface area contributed by atoms with E-state index in [2.05, 4.69) is 4.74 Å². The lowest BCUT2D eigenvalue weighted by molar-refractivity contribution is -0.120. The van der Waals surface area contributed by atoms with Crippen molar-refractivity contribution < 1.29 is 160 Å². The van der Waals surface area contributed by atoms with Crippen LogP contribution in [0.15, 0.2) is 154 Å². The molecule has 0 amide bonds. The topological polar surface area (TPSA) is 609 Å². The van der Waals surface area contributed by atoms with Crippen molar-refractivity contribution in [2.24, 2.45) is 0 Å². The summed E-state index contributed by atoms with van der Waals surface area (Å²) in [4.78, 5) is 89.6. The number of esters is 3. The maximum atomic E-state index is 14.2. The van der Waals surface area contributed by atoms with Crippen LogP contribution in [-0.4, -0.2) is 150 Å². The minimum absolute atomic E-state index is 0.00123. The van der Waals surface area contributed by atoms with Crippen molar-refractivity contribution in [3.63, 3.8) is 0 Å². The molecule has 0 fully saturated rings. The molecule has 120 heavy (non-hydrogen) atoms. The fourth-order valence-electron chi connectivity index (χ4n) is 14.0. The summed E-state index contributed by atoms with van der Waals surface area (Å²) in [7, 11) is 0. The SMILES string of the molecule is Cc1c(O)c(O)cc2cc(OC=O)cc(=O)c(O)c12.Cc1c(O)cc(C(=O)O[C@@H]2Cc3c(O)cc(O)cc3O[C@@H]2c2cc(=O)c(O)c3c(O)c(O)ccc3c2)cc1O.Cc1cc(C(=O)O[C@H]2Cc3c(O)cc(O)cc3O[C@H]2c2cc(O)c(O)c3c(=O)c(O)cc(C(=O)O[C@H]4Cc5c(O)cc(O)cc5O[C@H]4c4ccc(O)c(O)c4)cc23)cc(O)c1O. The van der Waals surface area contributed by atoms with Gasteiger partial charge in [0.05, 0.1) is 27.5 Å². The van der Waals surface area contributed by atoms with Gasteiger partial charge in [-0.3, -0.25) is 19.2 Å². The van der Waals surface area contributed by atoms with Gasteiger partial charge in [-0.25, -0.2) is 14.4 Å². The third-order valence-corrected chi connectivity index (χ3v) is 20.0. The molecule has 616 valence electrons. The number of benzene rings is 9. The fourth-order valence-corrected chi connectivity index (χ4v) is 14.0. The van der Waals surface area contributed by atoms with Crippen molar-refractivity contribution in [1.82, 2.24) is 0 Å². The Labute approximate surface area is 670 Å². The molecule has 0 bridgehead atoms. The van der Waals surface area contributed by atoms with Crippen LogP contribution in [-0.2, 0) is 38.3 Å². The predicted octanol–water partition coefficient (Wildman–Crippen LogP) is 9.58. The predicted molar refractivity (Wildman–Crippen MR) is 414 cm³/mol. The molecule has 15 rings (SSSR count). The van der Waals surface area contributed by atoms with E-state index in [4.69, 9.17) is 28.4 Å². The van der Waals surface area contributed by atoms with E-state index in [9.17, 15) is 141 Å². The molecule has 3 heterocycles. The highest BCUT2D eigenvalue weighted by atomic mass is 16.6. The molecule has 0 spiro atoms. The van der Waals surface area contributed by atoms with Crippen molar-refractivity contribution >= 4 is 56.7 Å². The molecule has 6 atom stereocenters. The summed E-state index contributed by atoms with van der Waals surface area (Å²) in [6, 6.07) is 25.7. The maximum absolute atomic E-state index is 14.2. The van der Waals surface area contributed by atoms with Crippen LogP contribution in [0.2, 0.25) is 0 Å². The normalized spacial score (nSPS) is 16.2. The smallest absolute Gasteiger partial charge is 0.338 e. The first-order valence-electron chi connectivity index (χ1n) is 35.4. The largest absolute Gasteiger partial charge is 0.508 e. The number of carbonyl (C=O) groups is 4. The van der Waals surface area contributed by atoms with Crippen molar-refractivity contribution in [2.75, 3.05) is 0 Å². The van der Waals surface area contributed by atoms with E-state index < -0.39 is 174 Å². The lowest BCUT2D eigenvalue weighted by Crippen LogP contribution is -2.35. The molecular weight excluding hydrogens is 1580 g/mol. The van der Waals surface area contributed by atoms with Gasteiger partial charge in [0, 0.05) is 112 Å². The van der Waals surface area contributed by atoms with E-state index in [1.165, 1.54) is 63.2 Å². The lowest BCUT2D eigenvalue weighted by Gasteiger charge is -2.34. The van der Waals surface area contributed by atoms with Gasteiger partial charge in [0.25, 0.3) is 6.47 Å². The zero-order valence-electron chi connectivity index (χ0n) is 62.0. The van der Waals surface area contributed by atoms with E-state index in [0.29, 0.717) is 0 Å². The Morgan fingerprint density at radius 1 is 0.350 bits per heavy atom. The number of phenolic OH excluding ortho intramolecular Hbond substituents is 18. The van der Waals surface area contributed by atoms with Gasteiger partial charge in [0.1, 0.15) is 87.3 Å². The minimum Gasteiger partial charge on any atom is -0.508 e. The average molecular weight is 1650 g/mol. The third-order valence-electron chi connectivity index (χ3n) is 20.0. The Kier molecular flexibility index (Phi) is 21.5. The number of fused-ring (bicyclic) bond motifs is 6. The number of hydrogen-bond donors (Lipinski definition) is 21. The maximum Gasteiger partial charge on any atom is 0.338 e. The second-order valence-electron chi connectivity index (χ2n) is 27.9. The summed E-state index contributed by atoms with van der Waals surface area (Å²) < 4.78 is 40.3. The fraction of sp³-hybridized carbons (Fsp3) is 0.141. The number of rotatable bonds is 11. The molecule has 35 nitrogen and oxygen atoms in total. The number of aryl methyl sites for hydroxylation is 2. The molecule has 12 aromatic carbocycles. The summed E-state index contributed by atoms with van der Waals surface area (Å²) in [5.41, 5.74) is -3.10. The van der Waals surface area contributed by atoms with Gasteiger partial charge in [0.2, 0.25) is 16.3 Å². The molecule has 0 aromatic heterocycles. The molecule has 0 radical (unpaired) electrons. The van der Waals surface area contributed by atoms with Gasteiger partial charge in [-0.2, -0.15) is 0 Å². The molecule has 0 unspecified atom stereocenters. The minimum atomic E-state index is -1.59. The Balaban J connectivity index is 0.000000181. The van der Waals surface area contributed by atoms with Gasteiger partial charge >= 0.3 is 17.9 Å². The van der Waals surface area contributed by atoms with Crippen LogP contribution >= 0.6 is 0 Å². The number of carbonyl (C=O) groups excluding carboxylic acids is 4. The third kappa shape index (κ3) is 15.6. The highest BCUT2D eigenvalue weighted by Crippen LogP contribution is 2.51. The van der Waals surface area contributed by atoms with Crippen LogP contribution in [0.5, 0.6) is 144 Å². The van der Waals surface area contributed by atoms with Crippen molar-refractivity contribution in [3.05, 3.63) is 237 Å². The molecule has 12 aromatic rings. The zero-order chi connectivity index (χ0) is 86.8. The number of phenols is 18. The number of hydrogen-bond acceptors (Lipinski definition) is 35. The Morgan fingerprint density at radius 3 is 1.33 bits per heavy atom. The van der Waals surface area contributed by atoms with Crippen molar-refractivity contribution in [1.29, 1.82) is 0 Å². The highest BCUT2D eigenvalue weighted by Gasteiger charge is 2.42. The summed E-state index contributed by atoms with van der Waals surface area (Å²) in [5, 5.41) is 215. The van der Waals surface area contributed by atoms with E-state index in [1.807, 2.05) is 0 Å². The Bertz CT molecular complexity index is 6490. The molecule has 0 aliphatic carbocycles. The molecule has 3 aliphatic rings. The van der Waals surface area contributed by atoms with Crippen molar-refractivity contribution in [3.8, 4) is 144 Å². The van der Waals surface area contributed by atoms with Gasteiger partial charge < -0.3 is 140 Å². The quantitative estimate of drug-likeness (QED) is 0.0248. The molecule has 0 saturated heterocycles. The first kappa shape index (κ1) is 81.5. The summed E-state index contributed by atoms with van der Waals surface area (Å²) in [6.45, 7) is 4.45. The zero-order valence-corrected chi connectivity index (χ0v) is 62.0. The van der Waals surface area contributed by atoms with Gasteiger partial charge in [0.15, 0.2) is 93.1 Å². The second kappa shape index (κ2) is 31.7. The van der Waals surface area contributed by atoms with Crippen LogP contribution in [0.3, 0.4) is 0 Å². The highest BCUT2D eigenvalue weighted by molar-refractivity contribution is 6.00. The molecular formula is C85H66O35. The van der Waals surface area contributed by atoms with E-state index >= 15 is 0 Å². The van der Waals surface area contributed by atoms with Gasteiger partial charge in [-0.15, -0.1) is 0 Å². The summed E-state index contributed by atoms with van der Waals surface area (Å²) >= 11 is 0. The average Bonchev–Trinajstić information content (AvgIpc) is 1.17. The first-order chi connectivity index (χ1) is 56.8. The summed E-state index contributed by atoms with van der Waals surface area (Å²) in [5.74, 6) is -15.1. The molecule has 0 saturated carbocycles. The van der Waals surface area contributed by atoms with E-state index in [-0.39, 0.29) is 166 Å². The van der Waals surface area contributed by atoms with Gasteiger partial charge in [-0.1, -0.05) is 12.1 Å². The second-order valence-corrected chi connectivity index (χ2v) is 27.9. The van der Waals surface area contributed by atoms with E-state index in [0.717, 1.165) is 97.1 Å². The Morgan fingerprint density at radius 2 is 0.800 bits per heavy atom. The van der Waals surface area contributed by atoms with Gasteiger partial charge in [-0.05, 0) is 127 Å². The van der Waals surface area contributed by atoms with Crippen LogP contribution in [0, 0.1) is 20.8 Å². The van der Waals surface area contributed by atoms with Crippen molar-refractivity contribution in [2.45, 2.75) is 76.7 Å². The first-order valence-corrected chi connectivity index (χ1v) is 35.4. The van der Waals surface area contributed by atoms with E-state index in [1.54, 1.807) is 0 Å². The summed E-state index contributed by atoms with van der Waals surface area (Å²) in [6.07, 6.45) is -8.82. The molecule has 3 aliphatic heterocycles. The lowest BCUT2D eigenvalue weighted by atomic mass is 9.90. The number of ether oxygens (including phenoxy) is 7. The standard InChI is InChI=1S/C44H34O18.C28H22O11.C13H10O6/c1-16-4-18(7-30(51)38(16)54)43(57)62-36-15-25-28(49)10-21(46)12-34(25)60-42(36)23-13-32(53)40(56)37-22(23)5-19(8-31(52)39(37)55)44(58)61-35-14-24-27(48)9-20(45)11-33(24)59-41(35)17-2-3-26(47)29(50)6-17;1-11-18(31)6-14(7-19(11)32)28(37)39-23-10-16-20(33)8-15(29)9-22(16)38-27(23)13-4-12-2-3-17(30)25(35)24(12)26(36)21(34)5-13;1-6-11-7(3-9(15)12(6)17)2-8(19-5-14)4-10(16)13(11)18/h2-13,35-36,41-42,45-51,53-54,56H,14-15H2,1H3,(H,52,55);2-9,23,27,29-33,35H,10H2,1H3,(H,34,36);2-5,15,17H,1H3,(H,16,18)/t35-,36-,41-,42-;23-,27-;/m01./s1. The van der Waals surface area contributed by atoms with Crippen LogP contribution in [0.25, 0.3) is 32.3 Å². The number of aromatic hydroxyl groups is 21. The van der Waals surface area contributed by atoms with Crippen LogP contribution in [0.4, 0.5) is 0 Å². The van der Waals surface area contributed by atoms with Crippen LogP contribution < -0.4 is 35.2 Å². The van der Waals surface area contributed by atoms with Crippen LogP contribution in [0.1, 0.15) is 99.5 Å². The molecule has 21 N–H and O–H groups in total. The monoisotopic (exact) mass is 1650 g/mol. The molecule has 35 heteroatoms.